The average Bonchev–Trinajstić information content (AvgIpc) is 2.87. The van der Waals surface area contributed by atoms with E-state index in [1.54, 1.807) is 10.6 Å². The lowest BCUT2D eigenvalue weighted by Crippen LogP contribution is -2.34. The van der Waals surface area contributed by atoms with Gasteiger partial charge < -0.3 is 20.4 Å². The highest BCUT2D eigenvalue weighted by molar-refractivity contribution is 5.96. The minimum absolute atomic E-state index is 0.0384. The molecule has 0 atom stereocenters. The number of pyridine rings is 1. The van der Waals surface area contributed by atoms with Crippen LogP contribution in [0.2, 0.25) is 0 Å². The van der Waals surface area contributed by atoms with Crippen molar-refractivity contribution in [3.05, 3.63) is 100 Å². The summed E-state index contributed by atoms with van der Waals surface area (Å²) in [5.74, 6) is 0.890. The fourth-order valence-corrected chi connectivity index (χ4v) is 4.52. The van der Waals surface area contributed by atoms with E-state index >= 15 is 0 Å². The number of benzene rings is 3. The van der Waals surface area contributed by atoms with Gasteiger partial charge >= 0.3 is 0 Å². The number of nitrogens with two attached hydrogens (primary N) is 1. The molecule has 0 amide bonds. The Labute approximate surface area is 198 Å². The van der Waals surface area contributed by atoms with Crippen LogP contribution in [0.15, 0.2) is 83.7 Å². The summed E-state index contributed by atoms with van der Waals surface area (Å²) in [5, 5.41) is 12.0. The number of nitrogens with one attached hydrogen (secondary N) is 2. The van der Waals surface area contributed by atoms with Crippen LogP contribution in [-0.2, 0) is 6.54 Å². The van der Waals surface area contributed by atoms with Crippen LogP contribution < -0.4 is 21.3 Å². The van der Waals surface area contributed by atoms with Gasteiger partial charge in [0.25, 0.3) is 5.56 Å². The maximum Gasteiger partial charge on any atom is 0.251 e. The van der Waals surface area contributed by atoms with Crippen molar-refractivity contribution in [1.82, 2.24) is 9.88 Å². The monoisotopic (exact) mass is 452 g/mol. The molecule has 5 rings (SSSR count). The first-order chi connectivity index (χ1) is 16.6. The first-order valence-corrected chi connectivity index (χ1v) is 11.6. The van der Waals surface area contributed by atoms with Crippen molar-refractivity contribution in [2.24, 2.45) is 5.73 Å². The molecule has 172 valence electrons. The second kappa shape index (κ2) is 9.53. The van der Waals surface area contributed by atoms with Crippen molar-refractivity contribution in [3.8, 4) is 16.9 Å². The highest BCUT2D eigenvalue weighted by atomic mass is 16.5. The summed E-state index contributed by atoms with van der Waals surface area (Å²) < 4.78 is 7.99. The van der Waals surface area contributed by atoms with Crippen molar-refractivity contribution in [1.29, 1.82) is 5.41 Å². The van der Waals surface area contributed by atoms with Crippen molar-refractivity contribution in [3.63, 3.8) is 0 Å². The summed E-state index contributed by atoms with van der Waals surface area (Å²) in [6.07, 6.45) is 2.24. The fraction of sp³-hybridized carbons (Fsp3) is 0.214. The van der Waals surface area contributed by atoms with Gasteiger partial charge in [0, 0.05) is 17.0 Å². The molecule has 2 heterocycles. The molecule has 0 spiro atoms. The average molecular weight is 453 g/mol. The Morgan fingerprint density at radius 3 is 2.53 bits per heavy atom. The highest BCUT2D eigenvalue weighted by Crippen LogP contribution is 2.25. The Hall–Kier alpha value is -3.90. The molecule has 4 aromatic rings. The van der Waals surface area contributed by atoms with E-state index in [4.69, 9.17) is 15.9 Å². The third-order valence-electron chi connectivity index (χ3n) is 6.32. The van der Waals surface area contributed by atoms with Gasteiger partial charge in [-0.25, -0.2) is 0 Å². The summed E-state index contributed by atoms with van der Waals surface area (Å²) in [4.78, 5) is 12.8. The standard InChI is InChI=1S/C28H28N4O2/c29-28(30)23-6-2-5-21(16-23)20-4-1-3-19(15-20)18-32-26-9-8-25(17-22(26)7-10-27(32)33)34-24-11-13-31-14-12-24/h1-10,15-17,24,31H,11-14,18H2,(H3,29,30). The van der Waals surface area contributed by atoms with Gasteiger partial charge in [-0.3, -0.25) is 10.2 Å². The predicted molar refractivity (Wildman–Crippen MR) is 137 cm³/mol. The van der Waals surface area contributed by atoms with Crippen LogP contribution in [0.25, 0.3) is 22.0 Å². The van der Waals surface area contributed by atoms with Crippen LogP contribution in [0, 0.1) is 5.41 Å². The van der Waals surface area contributed by atoms with Gasteiger partial charge in [-0.1, -0.05) is 36.4 Å². The number of amidine groups is 1. The lowest BCUT2D eigenvalue weighted by atomic mass is 10.0. The van der Waals surface area contributed by atoms with E-state index in [0.29, 0.717) is 12.1 Å². The largest absolute Gasteiger partial charge is 0.490 e. The summed E-state index contributed by atoms with van der Waals surface area (Å²) in [5.41, 5.74) is 10.2. The van der Waals surface area contributed by atoms with Crippen LogP contribution in [0.5, 0.6) is 5.75 Å². The number of fused-ring (bicyclic) bond motifs is 1. The quantitative estimate of drug-likeness (QED) is 0.303. The first-order valence-electron chi connectivity index (χ1n) is 11.6. The van der Waals surface area contributed by atoms with E-state index in [1.165, 1.54) is 0 Å². The number of rotatable bonds is 6. The maximum absolute atomic E-state index is 12.8. The third-order valence-corrected chi connectivity index (χ3v) is 6.32. The van der Waals surface area contributed by atoms with E-state index in [2.05, 4.69) is 11.4 Å². The molecule has 4 N–H and O–H groups in total. The number of hydrogen-bond acceptors (Lipinski definition) is 4. The normalized spacial score (nSPS) is 14.2. The number of aromatic nitrogens is 1. The fourth-order valence-electron chi connectivity index (χ4n) is 4.52. The van der Waals surface area contributed by atoms with E-state index in [0.717, 1.165) is 59.3 Å². The molecule has 1 saturated heterocycles. The van der Waals surface area contributed by atoms with Crippen LogP contribution in [0.3, 0.4) is 0 Å². The van der Waals surface area contributed by atoms with Gasteiger partial charge in [0.2, 0.25) is 0 Å². The van der Waals surface area contributed by atoms with Gasteiger partial charge in [-0.05, 0) is 79.0 Å². The van der Waals surface area contributed by atoms with Crippen molar-refractivity contribution >= 4 is 16.7 Å². The summed E-state index contributed by atoms with van der Waals surface area (Å²) in [7, 11) is 0. The zero-order valence-electron chi connectivity index (χ0n) is 19.0. The second-order valence-corrected chi connectivity index (χ2v) is 8.74. The lowest BCUT2D eigenvalue weighted by Gasteiger charge is -2.24. The Morgan fingerprint density at radius 2 is 1.74 bits per heavy atom. The smallest absolute Gasteiger partial charge is 0.251 e. The minimum atomic E-state index is -0.0384. The SMILES string of the molecule is N=C(N)c1cccc(-c2cccc(Cn3c(=O)ccc4cc(OC5CCNCC5)ccc43)c2)c1. The van der Waals surface area contributed by atoms with Gasteiger partial charge in [0.05, 0.1) is 12.1 Å². The molecule has 0 radical (unpaired) electrons. The Morgan fingerprint density at radius 1 is 0.971 bits per heavy atom. The zero-order chi connectivity index (χ0) is 23.5. The number of hydrogen-bond donors (Lipinski definition) is 3. The van der Waals surface area contributed by atoms with E-state index in [9.17, 15) is 4.79 Å². The molecule has 0 bridgehead atoms. The highest BCUT2D eigenvalue weighted by Gasteiger charge is 2.15. The van der Waals surface area contributed by atoms with E-state index in [1.807, 2.05) is 66.7 Å². The Kier molecular flexibility index (Phi) is 6.14. The second-order valence-electron chi connectivity index (χ2n) is 8.74. The molecular formula is C28H28N4O2. The van der Waals surface area contributed by atoms with Gasteiger partial charge in [0.1, 0.15) is 17.7 Å². The van der Waals surface area contributed by atoms with Gasteiger partial charge in [-0.15, -0.1) is 0 Å². The molecule has 0 saturated carbocycles. The van der Waals surface area contributed by atoms with Gasteiger partial charge in [0.15, 0.2) is 0 Å². The summed E-state index contributed by atoms with van der Waals surface area (Å²) in [6.45, 7) is 2.43. The lowest BCUT2D eigenvalue weighted by molar-refractivity contribution is 0.162. The molecule has 0 unspecified atom stereocenters. The number of ether oxygens (including phenoxy) is 1. The molecule has 1 aliphatic heterocycles. The van der Waals surface area contributed by atoms with E-state index in [-0.39, 0.29) is 17.5 Å². The van der Waals surface area contributed by atoms with Crippen LogP contribution in [0.4, 0.5) is 0 Å². The maximum atomic E-state index is 12.8. The summed E-state index contributed by atoms with van der Waals surface area (Å²) >= 11 is 0. The zero-order valence-corrected chi connectivity index (χ0v) is 19.0. The third kappa shape index (κ3) is 4.72. The molecule has 1 aliphatic rings. The predicted octanol–water partition coefficient (Wildman–Crippen LogP) is 4.13. The molecule has 0 aliphatic carbocycles. The molecule has 6 nitrogen and oxygen atoms in total. The Balaban J connectivity index is 1.44. The molecule has 3 aromatic carbocycles. The topological polar surface area (TPSA) is 93.1 Å². The van der Waals surface area contributed by atoms with Crippen LogP contribution >= 0.6 is 0 Å². The van der Waals surface area contributed by atoms with E-state index < -0.39 is 0 Å². The molecule has 34 heavy (non-hydrogen) atoms. The van der Waals surface area contributed by atoms with Crippen LogP contribution in [0.1, 0.15) is 24.0 Å². The molecular weight excluding hydrogens is 424 g/mol. The molecule has 6 heteroatoms. The number of nitrogen functional groups attached to an aromatic ring is 1. The number of nitrogens with zero attached hydrogens (tertiary/aromatic N) is 1. The van der Waals surface area contributed by atoms with Crippen molar-refractivity contribution in [2.45, 2.75) is 25.5 Å². The molecule has 1 fully saturated rings. The number of piperidine rings is 1. The van der Waals surface area contributed by atoms with Crippen LogP contribution in [-0.4, -0.2) is 29.6 Å². The Bertz CT molecular complexity index is 1400. The first kappa shape index (κ1) is 21.9. The molecule has 1 aromatic heterocycles. The minimum Gasteiger partial charge on any atom is -0.490 e. The summed E-state index contributed by atoms with van der Waals surface area (Å²) in [6, 6.07) is 25.2. The van der Waals surface area contributed by atoms with Crippen molar-refractivity contribution < 1.29 is 4.74 Å². The van der Waals surface area contributed by atoms with Gasteiger partial charge in [-0.2, -0.15) is 0 Å². The van der Waals surface area contributed by atoms with Crippen molar-refractivity contribution in [2.75, 3.05) is 13.1 Å².